The number of imidazole rings is 1. The fraction of sp³-hybridized carbons (Fsp3) is 0.320. The highest BCUT2D eigenvalue weighted by Gasteiger charge is 2.38. The summed E-state index contributed by atoms with van der Waals surface area (Å²) < 4.78 is 5.65. The lowest BCUT2D eigenvalue weighted by molar-refractivity contribution is -0.142. The Balaban J connectivity index is 1.45. The van der Waals surface area contributed by atoms with E-state index in [1.165, 1.54) is 0 Å². The first-order valence-corrected chi connectivity index (χ1v) is 11.1. The summed E-state index contributed by atoms with van der Waals surface area (Å²) >= 11 is 0. The summed E-state index contributed by atoms with van der Waals surface area (Å²) in [5, 5.41) is 15.6. The van der Waals surface area contributed by atoms with Crippen LogP contribution in [0.25, 0.3) is 22.2 Å². The Morgan fingerprint density at radius 3 is 2.76 bits per heavy atom. The third-order valence-corrected chi connectivity index (χ3v) is 6.21. The number of benzene rings is 2. The average Bonchev–Trinajstić information content (AvgIpc) is 3.46. The van der Waals surface area contributed by atoms with E-state index in [-0.39, 0.29) is 18.7 Å². The minimum atomic E-state index is -0.930. The molecule has 0 spiro atoms. The molecular weight excluding hydrogens is 434 g/mol. The molecule has 34 heavy (non-hydrogen) atoms. The number of aliphatic carboxylic acids is 1. The summed E-state index contributed by atoms with van der Waals surface area (Å²) in [4.78, 5) is 38.4. The van der Waals surface area contributed by atoms with Gasteiger partial charge in [0.05, 0.1) is 30.7 Å². The second kappa shape index (κ2) is 8.40. The third-order valence-electron chi connectivity index (χ3n) is 6.21. The van der Waals surface area contributed by atoms with Crippen molar-refractivity contribution in [3.8, 4) is 11.4 Å². The predicted molar refractivity (Wildman–Crippen MR) is 123 cm³/mol. The molecule has 0 bridgehead atoms. The van der Waals surface area contributed by atoms with E-state index in [0.717, 1.165) is 27.7 Å². The Morgan fingerprint density at radius 2 is 1.97 bits per heavy atom. The fourth-order valence-corrected chi connectivity index (χ4v) is 4.52. The van der Waals surface area contributed by atoms with Gasteiger partial charge in [0.1, 0.15) is 6.04 Å². The van der Waals surface area contributed by atoms with Crippen molar-refractivity contribution in [3.05, 3.63) is 66.1 Å². The van der Waals surface area contributed by atoms with Crippen molar-refractivity contribution >= 4 is 22.6 Å². The van der Waals surface area contributed by atoms with Crippen LogP contribution < -0.4 is 0 Å². The third kappa shape index (κ3) is 4.28. The number of carboxylic acids is 1. The molecule has 0 aliphatic carbocycles. The zero-order chi connectivity index (χ0) is 23.9. The second-order valence-corrected chi connectivity index (χ2v) is 9.50. The van der Waals surface area contributed by atoms with Crippen LogP contribution in [0.3, 0.4) is 0 Å². The van der Waals surface area contributed by atoms with Gasteiger partial charge in [0, 0.05) is 18.4 Å². The Labute approximate surface area is 195 Å². The molecule has 1 aliphatic heterocycles. The molecule has 0 saturated heterocycles. The maximum Gasteiger partial charge on any atom is 0.303 e. The van der Waals surface area contributed by atoms with E-state index in [9.17, 15) is 14.7 Å². The Hall–Kier alpha value is -4.01. The van der Waals surface area contributed by atoms with Gasteiger partial charge in [0.25, 0.3) is 0 Å². The number of carbonyl (C=O) groups excluding carboxylic acids is 1. The van der Waals surface area contributed by atoms with E-state index in [0.29, 0.717) is 24.7 Å². The van der Waals surface area contributed by atoms with Gasteiger partial charge in [-0.3, -0.25) is 9.59 Å². The minimum absolute atomic E-state index is 0.0882. The molecule has 4 aromatic rings. The summed E-state index contributed by atoms with van der Waals surface area (Å²) in [6.45, 7) is 3.88. The van der Waals surface area contributed by atoms with Crippen molar-refractivity contribution in [1.82, 2.24) is 25.0 Å². The highest BCUT2D eigenvalue weighted by atomic mass is 16.5. The van der Waals surface area contributed by atoms with Gasteiger partial charge in [-0.25, -0.2) is 4.98 Å². The zero-order valence-electron chi connectivity index (χ0n) is 19.0. The minimum Gasteiger partial charge on any atom is -0.481 e. The van der Waals surface area contributed by atoms with Crippen LogP contribution in [0.4, 0.5) is 0 Å². The van der Waals surface area contributed by atoms with E-state index < -0.39 is 17.4 Å². The van der Waals surface area contributed by atoms with Gasteiger partial charge in [0.15, 0.2) is 0 Å². The molecule has 2 aromatic heterocycles. The molecular formula is C25H25N5O4. The largest absolute Gasteiger partial charge is 0.481 e. The van der Waals surface area contributed by atoms with E-state index in [1.54, 1.807) is 25.1 Å². The Kier molecular flexibility index (Phi) is 5.39. The second-order valence-electron chi connectivity index (χ2n) is 9.50. The predicted octanol–water partition coefficient (Wildman–Crippen LogP) is 4.13. The molecule has 1 amide bonds. The van der Waals surface area contributed by atoms with Crippen molar-refractivity contribution in [2.45, 2.75) is 45.7 Å². The molecule has 174 valence electrons. The van der Waals surface area contributed by atoms with Gasteiger partial charge in [-0.2, -0.15) is 4.98 Å². The summed E-state index contributed by atoms with van der Waals surface area (Å²) in [5.74, 6) is -0.309. The lowest BCUT2D eigenvalue weighted by Gasteiger charge is -2.35. The van der Waals surface area contributed by atoms with Crippen molar-refractivity contribution in [2.75, 3.05) is 0 Å². The maximum atomic E-state index is 13.3. The molecule has 9 heteroatoms. The van der Waals surface area contributed by atoms with Crippen LogP contribution in [0.2, 0.25) is 0 Å². The molecule has 1 atom stereocenters. The number of amides is 1. The Bertz CT molecular complexity index is 1370. The quantitative estimate of drug-likeness (QED) is 0.444. The number of nitrogens with one attached hydrogen (secondary N) is 1. The van der Waals surface area contributed by atoms with Crippen LogP contribution in [-0.2, 0) is 22.6 Å². The van der Waals surface area contributed by atoms with Crippen LogP contribution in [0, 0.1) is 5.41 Å². The van der Waals surface area contributed by atoms with Crippen molar-refractivity contribution in [1.29, 1.82) is 0 Å². The molecule has 2 N–H and O–H groups in total. The van der Waals surface area contributed by atoms with Crippen molar-refractivity contribution in [2.24, 2.45) is 5.41 Å². The number of aromatic amines is 1. The van der Waals surface area contributed by atoms with E-state index >= 15 is 0 Å². The van der Waals surface area contributed by atoms with Gasteiger partial charge in [0.2, 0.25) is 17.6 Å². The van der Waals surface area contributed by atoms with Crippen LogP contribution in [-0.4, -0.2) is 42.0 Å². The monoisotopic (exact) mass is 459 g/mol. The fourth-order valence-electron chi connectivity index (χ4n) is 4.52. The molecule has 9 nitrogen and oxygen atoms in total. The number of rotatable bonds is 6. The van der Waals surface area contributed by atoms with Gasteiger partial charge in [-0.05, 0) is 22.3 Å². The van der Waals surface area contributed by atoms with Crippen LogP contribution in [0.1, 0.15) is 50.0 Å². The summed E-state index contributed by atoms with van der Waals surface area (Å²) in [7, 11) is 0. The summed E-state index contributed by atoms with van der Waals surface area (Å²) in [6, 6.07) is 13.5. The van der Waals surface area contributed by atoms with Gasteiger partial charge >= 0.3 is 5.97 Å². The zero-order valence-corrected chi connectivity index (χ0v) is 19.0. The SMILES string of the molecule is CC(C)(CC(=O)O)CC(=O)N1Cc2[nH]cnc2C[C@H]1c1nc(-c2ccc3ccccc3c2)no1. The first-order chi connectivity index (χ1) is 16.3. The molecule has 0 saturated carbocycles. The summed E-state index contributed by atoms with van der Waals surface area (Å²) in [6.07, 6.45) is 2.03. The molecule has 0 radical (unpaired) electrons. The number of aromatic nitrogens is 4. The van der Waals surface area contributed by atoms with Gasteiger partial charge in [-0.15, -0.1) is 0 Å². The van der Waals surface area contributed by atoms with Crippen LogP contribution in [0.5, 0.6) is 0 Å². The van der Waals surface area contributed by atoms with Crippen molar-refractivity contribution < 1.29 is 19.2 Å². The number of carbonyl (C=O) groups is 2. The number of hydrogen-bond acceptors (Lipinski definition) is 6. The lowest BCUT2D eigenvalue weighted by Crippen LogP contribution is -2.41. The highest BCUT2D eigenvalue weighted by Crippen LogP contribution is 2.35. The maximum absolute atomic E-state index is 13.3. The molecule has 3 heterocycles. The Morgan fingerprint density at radius 1 is 1.18 bits per heavy atom. The molecule has 0 fully saturated rings. The number of carboxylic acid groups (broad SMARTS) is 1. The average molecular weight is 460 g/mol. The standard InChI is InChI=1S/C25H25N5O4/c1-25(2,12-22(32)33)11-21(31)30-13-19-18(26-14-27-19)10-20(30)24-28-23(29-34-24)17-8-7-15-5-3-4-6-16(15)9-17/h3-9,14,20H,10-13H2,1-2H3,(H,26,27)(H,32,33)/t20-/m0/s1. The molecule has 5 rings (SSSR count). The molecule has 0 unspecified atom stereocenters. The van der Waals surface area contributed by atoms with E-state index in [4.69, 9.17) is 4.52 Å². The lowest BCUT2D eigenvalue weighted by atomic mass is 9.84. The molecule has 2 aromatic carbocycles. The number of hydrogen-bond donors (Lipinski definition) is 2. The smallest absolute Gasteiger partial charge is 0.303 e. The van der Waals surface area contributed by atoms with Crippen molar-refractivity contribution in [3.63, 3.8) is 0 Å². The summed E-state index contributed by atoms with van der Waals surface area (Å²) in [5.41, 5.74) is 1.84. The van der Waals surface area contributed by atoms with Gasteiger partial charge in [-0.1, -0.05) is 55.4 Å². The normalized spacial score (nSPS) is 15.9. The number of fused-ring (bicyclic) bond motifs is 2. The first-order valence-electron chi connectivity index (χ1n) is 11.1. The molecule has 1 aliphatic rings. The number of nitrogens with zero attached hydrogens (tertiary/aromatic N) is 4. The van der Waals surface area contributed by atoms with E-state index in [1.807, 2.05) is 42.5 Å². The van der Waals surface area contributed by atoms with Crippen LogP contribution >= 0.6 is 0 Å². The highest BCUT2D eigenvalue weighted by molar-refractivity contribution is 5.86. The van der Waals surface area contributed by atoms with Crippen LogP contribution in [0.15, 0.2) is 53.3 Å². The topological polar surface area (TPSA) is 125 Å². The number of H-pyrrole nitrogens is 1. The van der Waals surface area contributed by atoms with Gasteiger partial charge < -0.3 is 19.5 Å². The van der Waals surface area contributed by atoms with E-state index in [2.05, 4.69) is 20.1 Å². The first kappa shape index (κ1) is 21.8.